The Morgan fingerprint density at radius 3 is 2.62 bits per heavy atom. The van der Waals surface area contributed by atoms with Crippen LogP contribution in [0.5, 0.6) is 0 Å². The number of hydrogen-bond acceptors (Lipinski definition) is 7. The van der Waals surface area contributed by atoms with Gasteiger partial charge in [0, 0.05) is 35.4 Å². The summed E-state index contributed by atoms with van der Waals surface area (Å²) >= 11 is 12.7. The van der Waals surface area contributed by atoms with Crippen molar-refractivity contribution in [3.05, 3.63) is 68.3 Å². The van der Waals surface area contributed by atoms with Crippen molar-refractivity contribution >= 4 is 51.8 Å². The number of aryl methyl sites for hydroxylation is 1. The van der Waals surface area contributed by atoms with Crippen LogP contribution in [0.1, 0.15) is 35.9 Å². The summed E-state index contributed by atoms with van der Waals surface area (Å²) in [7, 11) is 1.37. The molecule has 0 aliphatic carbocycles. The second kappa shape index (κ2) is 11.3. The molecule has 39 heavy (non-hydrogen) atoms. The predicted molar refractivity (Wildman–Crippen MR) is 153 cm³/mol. The second-order valence-electron chi connectivity index (χ2n) is 9.56. The number of aromatic nitrogens is 4. The van der Waals surface area contributed by atoms with Crippen molar-refractivity contribution in [1.29, 1.82) is 0 Å². The number of fused-ring (bicyclic) bond motifs is 1. The van der Waals surface area contributed by atoms with E-state index in [0.717, 1.165) is 23.5 Å². The maximum atomic E-state index is 13.3. The summed E-state index contributed by atoms with van der Waals surface area (Å²) in [6.07, 6.45) is 3.98. The molecule has 12 heteroatoms. The molecular formula is C27H29Cl2N7O3. The maximum Gasteiger partial charge on any atom is 0.293 e. The van der Waals surface area contributed by atoms with Crippen molar-refractivity contribution in [2.24, 2.45) is 0 Å². The first-order valence-corrected chi connectivity index (χ1v) is 13.4. The number of carbonyl (C=O) groups excluding carboxylic acids is 1. The van der Waals surface area contributed by atoms with Gasteiger partial charge in [0.1, 0.15) is 12.8 Å². The number of nitrogens with one attached hydrogen (secondary N) is 3. The highest BCUT2D eigenvalue weighted by atomic mass is 35.5. The van der Waals surface area contributed by atoms with E-state index < -0.39 is 5.56 Å². The fourth-order valence-corrected chi connectivity index (χ4v) is 5.41. The molecule has 0 bridgehead atoms. The van der Waals surface area contributed by atoms with Crippen molar-refractivity contribution in [2.45, 2.75) is 32.7 Å². The fourth-order valence-electron chi connectivity index (χ4n) is 4.81. The number of benzene rings is 1. The van der Waals surface area contributed by atoms with Gasteiger partial charge < -0.3 is 20.5 Å². The van der Waals surface area contributed by atoms with Crippen LogP contribution in [0.4, 0.5) is 11.6 Å². The molecule has 1 unspecified atom stereocenters. The highest BCUT2D eigenvalue weighted by Crippen LogP contribution is 2.34. The first-order valence-electron chi connectivity index (χ1n) is 12.7. The molecule has 1 atom stereocenters. The smallest absolute Gasteiger partial charge is 0.293 e. The molecule has 0 spiro atoms. The quantitative estimate of drug-likeness (QED) is 0.287. The summed E-state index contributed by atoms with van der Waals surface area (Å²) in [5, 5.41) is 7.37. The SMILES string of the molecule is COn1c(=O)c(-c2c(Cl)cccc2Cl)cc2cnc(Nc3cc(C(=O)NCC(C)N4CCCC4)[nH]c3C)nc21. The second-order valence-corrected chi connectivity index (χ2v) is 10.4. The Morgan fingerprint density at radius 2 is 1.92 bits per heavy atom. The van der Waals surface area contributed by atoms with E-state index in [1.165, 1.54) is 20.0 Å². The molecule has 10 nitrogen and oxygen atoms in total. The van der Waals surface area contributed by atoms with E-state index in [1.54, 1.807) is 36.5 Å². The van der Waals surface area contributed by atoms with Gasteiger partial charge in [0.15, 0.2) is 5.65 Å². The van der Waals surface area contributed by atoms with Crippen molar-refractivity contribution < 1.29 is 9.63 Å². The summed E-state index contributed by atoms with van der Waals surface area (Å²) in [5.74, 6) is 0.0450. The Balaban J connectivity index is 1.39. The van der Waals surface area contributed by atoms with Gasteiger partial charge in [-0.3, -0.25) is 14.5 Å². The molecular weight excluding hydrogens is 541 g/mol. The minimum Gasteiger partial charge on any atom is -0.412 e. The van der Waals surface area contributed by atoms with Gasteiger partial charge in [-0.25, -0.2) is 4.98 Å². The van der Waals surface area contributed by atoms with Crippen molar-refractivity contribution in [1.82, 2.24) is 29.9 Å². The van der Waals surface area contributed by atoms with Gasteiger partial charge in [0.05, 0.1) is 21.3 Å². The third kappa shape index (κ3) is 5.45. The van der Waals surface area contributed by atoms with E-state index in [9.17, 15) is 9.59 Å². The molecule has 1 amide bonds. The van der Waals surface area contributed by atoms with Crippen LogP contribution in [-0.2, 0) is 0 Å². The zero-order valence-corrected chi connectivity index (χ0v) is 23.4. The summed E-state index contributed by atoms with van der Waals surface area (Å²) in [4.78, 5) is 45.9. The Hall–Kier alpha value is -3.60. The van der Waals surface area contributed by atoms with E-state index in [1.807, 2.05) is 6.92 Å². The lowest BCUT2D eigenvalue weighted by Crippen LogP contribution is -2.40. The van der Waals surface area contributed by atoms with E-state index in [0.29, 0.717) is 38.9 Å². The molecule has 0 saturated carbocycles. The number of anilines is 2. The summed E-state index contributed by atoms with van der Waals surface area (Å²) < 4.78 is 1.07. The molecule has 4 aromatic rings. The van der Waals surface area contributed by atoms with E-state index >= 15 is 0 Å². The van der Waals surface area contributed by atoms with Crippen molar-refractivity contribution in [3.63, 3.8) is 0 Å². The third-order valence-corrected chi connectivity index (χ3v) is 7.58. The number of H-pyrrole nitrogens is 1. The van der Waals surface area contributed by atoms with Gasteiger partial charge in [-0.1, -0.05) is 29.3 Å². The third-order valence-electron chi connectivity index (χ3n) is 6.95. The van der Waals surface area contributed by atoms with Crippen molar-refractivity contribution in [3.8, 4) is 11.1 Å². The van der Waals surface area contributed by atoms with Gasteiger partial charge in [-0.15, -0.1) is 4.73 Å². The van der Waals surface area contributed by atoms with E-state index in [2.05, 4.69) is 37.4 Å². The Kier molecular flexibility index (Phi) is 7.79. The number of hydrogen-bond donors (Lipinski definition) is 3. The number of amides is 1. The lowest BCUT2D eigenvalue weighted by Gasteiger charge is -2.23. The van der Waals surface area contributed by atoms with Gasteiger partial charge >= 0.3 is 0 Å². The van der Waals surface area contributed by atoms with Crippen LogP contribution >= 0.6 is 23.2 Å². The summed E-state index contributed by atoms with van der Waals surface area (Å²) in [5.41, 5.74) is 2.27. The number of rotatable bonds is 8. The zero-order chi connectivity index (χ0) is 27.7. The predicted octanol–water partition coefficient (Wildman–Crippen LogP) is 4.42. The van der Waals surface area contributed by atoms with Crippen LogP contribution < -0.4 is 21.0 Å². The van der Waals surface area contributed by atoms with Gasteiger partial charge in [0.25, 0.3) is 11.5 Å². The van der Waals surface area contributed by atoms with Crippen LogP contribution in [-0.4, -0.2) is 63.3 Å². The summed E-state index contributed by atoms with van der Waals surface area (Å²) in [6.45, 7) is 6.69. The number of nitrogens with zero attached hydrogens (tertiary/aromatic N) is 4. The topological polar surface area (TPSA) is 117 Å². The average molecular weight is 570 g/mol. The summed E-state index contributed by atoms with van der Waals surface area (Å²) in [6, 6.07) is 8.66. The molecule has 0 radical (unpaired) electrons. The van der Waals surface area contributed by atoms with E-state index in [-0.39, 0.29) is 29.1 Å². The molecule has 1 saturated heterocycles. The molecule has 1 aliphatic heterocycles. The lowest BCUT2D eigenvalue weighted by atomic mass is 10.1. The Labute approximate surface area is 235 Å². The molecule has 4 heterocycles. The number of carbonyl (C=O) groups is 1. The zero-order valence-electron chi connectivity index (χ0n) is 21.8. The minimum atomic E-state index is -0.468. The number of pyridine rings is 1. The lowest BCUT2D eigenvalue weighted by molar-refractivity contribution is 0.0936. The van der Waals surface area contributed by atoms with Crippen LogP contribution in [0.2, 0.25) is 10.0 Å². The fraction of sp³-hybridized carbons (Fsp3) is 0.333. The first-order chi connectivity index (χ1) is 18.8. The number of aromatic amines is 1. The Morgan fingerprint density at radius 1 is 1.21 bits per heavy atom. The molecule has 3 aromatic heterocycles. The molecule has 1 aliphatic rings. The normalized spacial score (nSPS) is 14.5. The van der Waals surface area contributed by atoms with Crippen LogP contribution in [0, 0.1) is 6.92 Å². The highest BCUT2D eigenvalue weighted by molar-refractivity contribution is 6.39. The van der Waals surface area contributed by atoms with Crippen LogP contribution in [0.15, 0.2) is 41.3 Å². The van der Waals surface area contributed by atoms with Crippen LogP contribution in [0.3, 0.4) is 0 Å². The first kappa shape index (κ1) is 27.0. The molecule has 5 rings (SSSR count). The molecule has 1 aromatic carbocycles. The average Bonchev–Trinajstić information content (AvgIpc) is 3.58. The molecule has 3 N–H and O–H groups in total. The largest absolute Gasteiger partial charge is 0.412 e. The van der Waals surface area contributed by atoms with Crippen LogP contribution in [0.25, 0.3) is 22.2 Å². The van der Waals surface area contributed by atoms with Gasteiger partial charge in [-0.2, -0.15) is 4.98 Å². The van der Waals surface area contributed by atoms with Crippen molar-refractivity contribution in [2.75, 3.05) is 32.1 Å². The Bertz CT molecular complexity index is 1570. The highest BCUT2D eigenvalue weighted by Gasteiger charge is 2.21. The molecule has 204 valence electrons. The van der Waals surface area contributed by atoms with Gasteiger partial charge in [-0.05, 0) is 64.0 Å². The maximum absolute atomic E-state index is 13.3. The number of likely N-dealkylation sites (tertiary alicyclic amines) is 1. The monoisotopic (exact) mass is 569 g/mol. The standard InChI is InChI=1S/C27H29Cl2N7O3/c1-15(35-9-4-5-10-35)13-30-25(37)22-12-21(16(2)32-22)33-27-31-14-17-11-18(23-19(28)7-6-8-20(23)29)26(38)36(39-3)24(17)34-27/h6-8,11-12,14-15,32H,4-5,9-10,13H2,1-3H3,(H,30,37)(H,31,33,34). The minimum absolute atomic E-state index is 0.185. The van der Waals surface area contributed by atoms with E-state index in [4.69, 9.17) is 28.0 Å². The molecule has 1 fully saturated rings. The van der Waals surface area contributed by atoms with Gasteiger partial charge in [0.2, 0.25) is 5.95 Å². The number of halogens is 2.